The van der Waals surface area contributed by atoms with Crippen molar-refractivity contribution in [2.24, 2.45) is 0 Å². The summed E-state index contributed by atoms with van der Waals surface area (Å²) in [5.74, 6) is -2.31. The molecular weight excluding hydrogens is 408 g/mol. The third-order valence-electron chi connectivity index (χ3n) is 4.54. The van der Waals surface area contributed by atoms with Crippen LogP contribution in [0.4, 0.5) is 5.69 Å². The van der Waals surface area contributed by atoms with Gasteiger partial charge < -0.3 is 10.1 Å². The van der Waals surface area contributed by atoms with E-state index in [1.165, 1.54) is 30.5 Å². The number of carbonyl (C=O) groups is 4. The SMILES string of the molecule is O=C(COC(=O)c1cccc2c1C(=O)c1ccccc1C2=O)Nc1cccnc1Cl. The number of fused-ring (bicyclic) bond motifs is 2. The van der Waals surface area contributed by atoms with E-state index in [1.54, 1.807) is 30.3 Å². The molecule has 3 aromatic rings. The third kappa shape index (κ3) is 3.46. The first-order valence-corrected chi connectivity index (χ1v) is 9.24. The van der Waals surface area contributed by atoms with E-state index in [-0.39, 0.29) is 44.4 Å². The van der Waals surface area contributed by atoms with Gasteiger partial charge in [-0.1, -0.05) is 48.0 Å². The quantitative estimate of drug-likeness (QED) is 0.401. The number of hydrogen-bond acceptors (Lipinski definition) is 6. The summed E-state index contributed by atoms with van der Waals surface area (Å²) in [7, 11) is 0. The molecule has 0 atom stereocenters. The zero-order chi connectivity index (χ0) is 21.3. The summed E-state index contributed by atoms with van der Waals surface area (Å²) in [5.41, 5.74) is 0.802. The van der Waals surface area contributed by atoms with Gasteiger partial charge in [-0.2, -0.15) is 0 Å². The number of rotatable bonds is 4. The molecule has 1 aromatic heterocycles. The summed E-state index contributed by atoms with van der Waals surface area (Å²) in [6.07, 6.45) is 1.47. The van der Waals surface area contributed by atoms with Crippen LogP contribution >= 0.6 is 11.6 Å². The standard InChI is InChI=1S/C22H13ClN2O5/c23-21-16(9-4-10-24-21)25-17(26)11-30-22(29)15-8-3-7-14-18(15)20(28)13-6-2-1-5-12(13)19(14)27/h1-10H,11H2,(H,25,26). The van der Waals surface area contributed by atoms with Crippen molar-refractivity contribution in [2.45, 2.75) is 0 Å². The molecule has 1 aliphatic rings. The molecule has 0 radical (unpaired) electrons. The van der Waals surface area contributed by atoms with Crippen molar-refractivity contribution < 1.29 is 23.9 Å². The lowest BCUT2D eigenvalue weighted by atomic mass is 9.82. The average Bonchev–Trinajstić information content (AvgIpc) is 2.77. The maximum Gasteiger partial charge on any atom is 0.339 e. The van der Waals surface area contributed by atoms with E-state index in [0.717, 1.165) is 0 Å². The van der Waals surface area contributed by atoms with E-state index in [4.69, 9.17) is 16.3 Å². The maximum atomic E-state index is 12.9. The lowest BCUT2D eigenvalue weighted by Crippen LogP contribution is -2.26. The topological polar surface area (TPSA) is 102 Å². The number of nitrogens with one attached hydrogen (secondary N) is 1. The Morgan fingerprint density at radius 2 is 1.60 bits per heavy atom. The Bertz CT molecular complexity index is 1220. The molecule has 0 spiro atoms. The number of carbonyl (C=O) groups excluding carboxylic acids is 4. The lowest BCUT2D eigenvalue weighted by molar-refractivity contribution is -0.119. The number of hydrogen-bond donors (Lipinski definition) is 1. The fourth-order valence-electron chi connectivity index (χ4n) is 3.19. The molecule has 7 nitrogen and oxygen atoms in total. The summed E-state index contributed by atoms with van der Waals surface area (Å²) < 4.78 is 5.06. The molecule has 2 aromatic carbocycles. The zero-order valence-corrected chi connectivity index (χ0v) is 16.1. The molecule has 30 heavy (non-hydrogen) atoms. The molecule has 1 amide bonds. The predicted octanol–water partition coefficient (Wildman–Crippen LogP) is 3.31. The van der Waals surface area contributed by atoms with Crippen molar-refractivity contribution >= 4 is 40.7 Å². The second-order valence-electron chi connectivity index (χ2n) is 6.40. The van der Waals surface area contributed by atoms with Crippen LogP contribution in [-0.4, -0.2) is 35.0 Å². The van der Waals surface area contributed by atoms with Gasteiger partial charge in [0.25, 0.3) is 5.91 Å². The van der Waals surface area contributed by atoms with E-state index < -0.39 is 24.3 Å². The zero-order valence-electron chi connectivity index (χ0n) is 15.3. The number of amides is 1. The van der Waals surface area contributed by atoms with E-state index in [0.29, 0.717) is 0 Å². The van der Waals surface area contributed by atoms with E-state index in [2.05, 4.69) is 10.3 Å². The van der Waals surface area contributed by atoms with Crippen molar-refractivity contribution in [2.75, 3.05) is 11.9 Å². The minimum Gasteiger partial charge on any atom is -0.452 e. The summed E-state index contributed by atoms with van der Waals surface area (Å²) in [4.78, 5) is 54.2. The normalized spacial score (nSPS) is 12.0. The van der Waals surface area contributed by atoms with Gasteiger partial charge >= 0.3 is 5.97 Å². The molecule has 0 fully saturated rings. The number of esters is 1. The van der Waals surface area contributed by atoms with Crippen molar-refractivity contribution in [3.63, 3.8) is 0 Å². The number of aromatic nitrogens is 1. The minimum atomic E-state index is -0.889. The van der Waals surface area contributed by atoms with Gasteiger partial charge in [0.15, 0.2) is 23.3 Å². The van der Waals surface area contributed by atoms with Crippen molar-refractivity contribution in [1.82, 2.24) is 4.98 Å². The predicted molar refractivity (Wildman–Crippen MR) is 108 cm³/mol. The molecule has 1 aliphatic carbocycles. The smallest absolute Gasteiger partial charge is 0.339 e. The highest BCUT2D eigenvalue weighted by molar-refractivity contribution is 6.32. The second-order valence-corrected chi connectivity index (χ2v) is 6.76. The Kier molecular flexibility index (Phi) is 5.12. The Morgan fingerprint density at radius 3 is 2.33 bits per heavy atom. The number of nitrogens with zero attached hydrogens (tertiary/aromatic N) is 1. The summed E-state index contributed by atoms with van der Waals surface area (Å²) in [6, 6.07) is 13.9. The molecule has 8 heteroatoms. The first kappa shape index (κ1) is 19.5. The Balaban J connectivity index is 1.55. The lowest BCUT2D eigenvalue weighted by Gasteiger charge is -2.19. The minimum absolute atomic E-state index is 0.0260. The fourth-order valence-corrected chi connectivity index (χ4v) is 3.36. The molecule has 1 N–H and O–H groups in total. The molecule has 4 rings (SSSR count). The van der Waals surface area contributed by atoms with Gasteiger partial charge in [0.2, 0.25) is 0 Å². The van der Waals surface area contributed by atoms with Crippen LogP contribution in [0.3, 0.4) is 0 Å². The third-order valence-corrected chi connectivity index (χ3v) is 4.84. The highest BCUT2D eigenvalue weighted by atomic mass is 35.5. The Hall–Kier alpha value is -3.84. The van der Waals surface area contributed by atoms with Crippen LogP contribution in [0.25, 0.3) is 0 Å². The van der Waals surface area contributed by atoms with Gasteiger partial charge in [0.05, 0.1) is 11.3 Å². The van der Waals surface area contributed by atoms with Crippen molar-refractivity contribution in [1.29, 1.82) is 0 Å². The second kappa shape index (κ2) is 7.88. The van der Waals surface area contributed by atoms with Crippen LogP contribution in [0, 0.1) is 0 Å². The van der Waals surface area contributed by atoms with Crippen LogP contribution < -0.4 is 5.32 Å². The molecular formula is C22H13ClN2O5. The summed E-state index contributed by atoms with van der Waals surface area (Å²) in [6.45, 7) is -0.605. The summed E-state index contributed by atoms with van der Waals surface area (Å²) >= 11 is 5.87. The van der Waals surface area contributed by atoms with Gasteiger partial charge in [0, 0.05) is 28.5 Å². The van der Waals surface area contributed by atoms with Crippen molar-refractivity contribution in [3.8, 4) is 0 Å². The summed E-state index contributed by atoms with van der Waals surface area (Å²) in [5, 5.41) is 2.57. The Labute approximate surface area is 175 Å². The van der Waals surface area contributed by atoms with Crippen LogP contribution in [0.1, 0.15) is 42.2 Å². The molecule has 0 saturated carbocycles. The fraction of sp³-hybridized carbons (Fsp3) is 0.0455. The van der Waals surface area contributed by atoms with Gasteiger partial charge in [-0.05, 0) is 18.2 Å². The highest BCUT2D eigenvalue weighted by Gasteiger charge is 2.33. The maximum absolute atomic E-state index is 12.9. The number of ether oxygens (including phenoxy) is 1. The first-order valence-electron chi connectivity index (χ1n) is 8.86. The van der Waals surface area contributed by atoms with Crippen LogP contribution in [0.15, 0.2) is 60.8 Å². The molecule has 0 aliphatic heterocycles. The molecule has 0 unspecified atom stereocenters. The van der Waals surface area contributed by atoms with Gasteiger partial charge in [-0.25, -0.2) is 9.78 Å². The molecule has 0 saturated heterocycles. The molecule has 0 bridgehead atoms. The first-order chi connectivity index (χ1) is 14.5. The molecule has 148 valence electrons. The van der Waals surface area contributed by atoms with E-state index >= 15 is 0 Å². The average molecular weight is 421 g/mol. The number of anilines is 1. The Morgan fingerprint density at radius 1 is 0.900 bits per heavy atom. The van der Waals surface area contributed by atoms with E-state index in [1.807, 2.05) is 0 Å². The van der Waals surface area contributed by atoms with Crippen LogP contribution in [-0.2, 0) is 9.53 Å². The largest absolute Gasteiger partial charge is 0.452 e. The van der Waals surface area contributed by atoms with Gasteiger partial charge in [-0.15, -0.1) is 0 Å². The van der Waals surface area contributed by atoms with Gasteiger partial charge in [-0.3, -0.25) is 14.4 Å². The van der Waals surface area contributed by atoms with Crippen LogP contribution in [0.5, 0.6) is 0 Å². The number of pyridine rings is 1. The molecule has 1 heterocycles. The highest BCUT2D eigenvalue weighted by Crippen LogP contribution is 2.29. The van der Waals surface area contributed by atoms with Crippen LogP contribution in [0.2, 0.25) is 5.15 Å². The van der Waals surface area contributed by atoms with E-state index in [9.17, 15) is 19.2 Å². The number of ketones is 2. The number of halogens is 1. The van der Waals surface area contributed by atoms with Crippen molar-refractivity contribution in [3.05, 3.63) is 93.8 Å². The number of benzene rings is 2. The van der Waals surface area contributed by atoms with Gasteiger partial charge in [0.1, 0.15) is 0 Å². The monoisotopic (exact) mass is 420 g/mol.